The van der Waals surface area contributed by atoms with E-state index in [2.05, 4.69) is 16.8 Å². The Kier molecular flexibility index (Phi) is 5.26. The zero-order chi connectivity index (χ0) is 16.4. The minimum absolute atomic E-state index is 0.229. The molecule has 7 heteroatoms. The second-order valence-electron chi connectivity index (χ2n) is 6.67. The van der Waals surface area contributed by atoms with E-state index in [-0.39, 0.29) is 4.90 Å². The van der Waals surface area contributed by atoms with Gasteiger partial charge in [-0.25, -0.2) is 13.4 Å². The lowest BCUT2D eigenvalue weighted by molar-refractivity contribution is 0.101. The van der Waals surface area contributed by atoms with Crippen LogP contribution in [0.25, 0.3) is 0 Å². The molecular formula is C16H24ClN3O2S. The topological polar surface area (TPSA) is 53.5 Å². The largest absolute Gasteiger partial charge is 0.300 e. The van der Waals surface area contributed by atoms with Crippen molar-refractivity contribution in [1.29, 1.82) is 0 Å². The number of rotatable bonds is 3. The van der Waals surface area contributed by atoms with Crippen LogP contribution < -0.4 is 0 Å². The molecule has 128 valence electrons. The number of halogens is 1. The predicted octanol–water partition coefficient (Wildman–Crippen LogP) is 2.62. The van der Waals surface area contributed by atoms with E-state index in [9.17, 15) is 8.42 Å². The molecule has 0 unspecified atom stereocenters. The summed E-state index contributed by atoms with van der Waals surface area (Å²) in [6.07, 6.45) is 5.68. The van der Waals surface area contributed by atoms with Gasteiger partial charge in [-0.1, -0.05) is 18.5 Å². The summed E-state index contributed by atoms with van der Waals surface area (Å²) >= 11 is 5.74. The van der Waals surface area contributed by atoms with Gasteiger partial charge in [0, 0.05) is 25.3 Å². The normalized spacial score (nSPS) is 23.2. The zero-order valence-electron chi connectivity index (χ0n) is 13.5. The molecule has 0 saturated carbocycles. The monoisotopic (exact) mass is 357 g/mol. The molecule has 3 heterocycles. The lowest BCUT2D eigenvalue weighted by Gasteiger charge is -2.40. The number of piperidine rings is 2. The number of likely N-dealkylation sites (tertiary alicyclic amines) is 1. The van der Waals surface area contributed by atoms with Crippen LogP contribution in [-0.2, 0) is 10.0 Å². The Balaban J connectivity index is 1.61. The Morgan fingerprint density at radius 1 is 1.09 bits per heavy atom. The van der Waals surface area contributed by atoms with Crippen molar-refractivity contribution < 1.29 is 8.42 Å². The molecule has 0 spiro atoms. The van der Waals surface area contributed by atoms with E-state index >= 15 is 0 Å². The van der Waals surface area contributed by atoms with Crippen LogP contribution in [0.4, 0.5) is 0 Å². The molecule has 0 radical (unpaired) electrons. The van der Waals surface area contributed by atoms with Gasteiger partial charge in [0.2, 0.25) is 10.0 Å². The van der Waals surface area contributed by atoms with Gasteiger partial charge in [0.05, 0.1) is 0 Å². The minimum Gasteiger partial charge on any atom is -0.300 e. The Hall–Kier alpha value is -0.690. The second kappa shape index (κ2) is 7.05. The number of aromatic nitrogens is 1. The molecule has 0 aromatic carbocycles. The molecular weight excluding hydrogens is 334 g/mol. The molecule has 1 aromatic heterocycles. The molecule has 0 bridgehead atoms. The van der Waals surface area contributed by atoms with E-state index in [1.54, 1.807) is 4.31 Å². The number of pyridine rings is 1. The van der Waals surface area contributed by atoms with Gasteiger partial charge in [-0.05, 0) is 56.8 Å². The first-order valence-corrected chi connectivity index (χ1v) is 10.1. The minimum atomic E-state index is -3.45. The average Bonchev–Trinajstić information content (AvgIpc) is 2.56. The van der Waals surface area contributed by atoms with Crippen LogP contribution in [0.15, 0.2) is 23.2 Å². The lowest BCUT2D eigenvalue weighted by atomic mass is 9.95. The highest BCUT2D eigenvalue weighted by Crippen LogP contribution is 2.26. The quantitative estimate of drug-likeness (QED) is 0.780. The Bertz CT molecular complexity index is 619. The standard InChI is InChI=1S/C16H24ClN3O2S/c1-13-4-8-19(9-5-13)14-6-10-20(11-7-14)23(21,22)15-2-3-16(17)18-12-15/h2-3,12-14H,4-11H2,1H3. The van der Waals surface area contributed by atoms with Gasteiger partial charge < -0.3 is 4.90 Å². The number of sulfonamides is 1. The van der Waals surface area contributed by atoms with Crippen molar-refractivity contribution in [1.82, 2.24) is 14.2 Å². The van der Waals surface area contributed by atoms with Crippen LogP contribution in [0.2, 0.25) is 5.15 Å². The van der Waals surface area contributed by atoms with Crippen LogP contribution in [0.1, 0.15) is 32.6 Å². The van der Waals surface area contributed by atoms with E-state index in [4.69, 9.17) is 11.6 Å². The summed E-state index contributed by atoms with van der Waals surface area (Å²) in [7, 11) is -3.45. The van der Waals surface area contributed by atoms with Gasteiger partial charge in [0.15, 0.2) is 0 Å². The summed E-state index contributed by atoms with van der Waals surface area (Å²) in [6.45, 7) is 5.79. The van der Waals surface area contributed by atoms with Crippen LogP contribution in [-0.4, -0.2) is 54.8 Å². The molecule has 2 aliphatic heterocycles. The second-order valence-corrected chi connectivity index (χ2v) is 9.00. The molecule has 1 aromatic rings. The van der Waals surface area contributed by atoms with Crippen molar-refractivity contribution >= 4 is 21.6 Å². The summed E-state index contributed by atoms with van der Waals surface area (Å²) in [6, 6.07) is 3.58. The number of nitrogens with zero attached hydrogens (tertiary/aromatic N) is 3. The molecule has 3 rings (SSSR count). The molecule has 0 atom stereocenters. The van der Waals surface area contributed by atoms with Crippen molar-refractivity contribution in [3.63, 3.8) is 0 Å². The maximum atomic E-state index is 12.7. The van der Waals surface area contributed by atoms with Crippen molar-refractivity contribution in [2.45, 2.75) is 43.5 Å². The van der Waals surface area contributed by atoms with Crippen molar-refractivity contribution in [2.75, 3.05) is 26.2 Å². The van der Waals surface area contributed by atoms with E-state index in [1.807, 2.05) is 0 Å². The van der Waals surface area contributed by atoms with Crippen molar-refractivity contribution in [2.24, 2.45) is 5.92 Å². The SMILES string of the molecule is CC1CCN(C2CCN(S(=O)(=O)c3ccc(Cl)nc3)CC2)CC1. The third kappa shape index (κ3) is 3.87. The highest BCUT2D eigenvalue weighted by atomic mass is 35.5. The summed E-state index contributed by atoms with van der Waals surface area (Å²) in [5.74, 6) is 0.823. The number of hydrogen-bond donors (Lipinski definition) is 0. The third-order valence-corrected chi connectivity index (χ3v) is 7.20. The molecule has 0 amide bonds. The van der Waals surface area contributed by atoms with Crippen LogP contribution in [0.3, 0.4) is 0 Å². The third-order valence-electron chi connectivity index (χ3n) is 5.10. The molecule has 23 heavy (non-hydrogen) atoms. The van der Waals surface area contributed by atoms with E-state index in [0.29, 0.717) is 24.3 Å². The van der Waals surface area contributed by atoms with Crippen LogP contribution >= 0.6 is 11.6 Å². The van der Waals surface area contributed by atoms with Gasteiger partial charge in [0.25, 0.3) is 0 Å². The van der Waals surface area contributed by atoms with Crippen molar-refractivity contribution in [3.05, 3.63) is 23.5 Å². The maximum absolute atomic E-state index is 12.7. The molecule has 2 saturated heterocycles. The van der Waals surface area contributed by atoms with Crippen LogP contribution in [0.5, 0.6) is 0 Å². The number of hydrogen-bond acceptors (Lipinski definition) is 4. The van der Waals surface area contributed by atoms with Gasteiger partial charge in [0.1, 0.15) is 10.0 Å². The van der Waals surface area contributed by atoms with E-state index < -0.39 is 10.0 Å². The summed E-state index contributed by atoms with van der Waals surface area (Å²) in [5.41, 5.74) is 0. The Morgan fingerprint density at radius 3 is 2.30 bits per heavy atom. The fourth-order valence-corrected chi connectivity index (χ4v) is 5.03. The first-order chi connectivity index (χ1) is 11.0. The van der Waals surface area contributed by atoms with Crippen LogP contribution in [0, 0.1) is 5.92 Å². The zero-order valence-corrected chi connectivity index (χ0v) is 15.1. The Labute approximate surface area is 143 Å². The molecule has 0 N–H and O–H groups in total. The molecule has 0 aliphatic carbocycles. The highest BCUT2D eigenvalue weighted by molar-refractivity contribution is 7.89. The van der Waals surface area contributed by atoms with E-state index in [0.717, 1.165) is 31.8 Å². The Morgan fingerprint density at radius 2 is 1.74 bits per heavy atom. The summed E-state index contributed by atoms with van der Waals surface area (Å²) in [4.78, 5) is 6.67. The van der Waals surface area contributed by atoms with Gasteiger partial charge in [-0.3, -0.25) is 0 Å². The first-order valence-electron chi connectivity index (χ1n) is 8.32. The summed E-state index contributed by atoms with van der Waals surface area (Å²) in [5, 5.41) is 0.307. The smallest absolute Gasteiger partial charge is 0.244 e. The maximum Gasteiger partial charge on any atom is 0.244 e. The fraction of sp³-hybridized carbons (Fsp3) is 0.688. The first kappa shape index (κ1) is 17.1. The lowest BCUT2D eigenvalue weighted by Crippen LogP contribution is -2.48. The van der Waals surface area contributed by atoms with Gasteiger partial charge in [-0.2, -0.15) is 4.31 Å². The molecule has 5 nitrogen and oxygen atoms in total. The molecule has 2 aliphatic rings. The highest BCUT2D eigenvalue weighted by Gasteiger charge is 2.32. The molecule has 2 fully saturated rings. The van der Waals surface area contributed by atoms with E-state index in [1.165, 1.54) is 31.2 Å². The fourth-order valence-electron chi connectivity index (χ4n) is 3.51. The van der Waals surface area contributed by atoms with Gasteiger partial charge in [-0.15, -0.1) is 0 Å². The van der Waals surface area contributed by atoms with Crippen molar-refractivity contribution in [3.8, 4) is 0 Å². The predicted molar refractivity (Wildman–Crippen MR) is 91.0 cm³/mol. The average molecular weight is 358 g/mol. The summed E-state index contributed by atoms with van der Waals surface area (Å²) < 4.78 is 26.9. The van der Waals surface area contributed by atoms with Gasteiger partial charge >= 0.3 is 0 Å².